The molecule has 1 aliphatic rings. The Balaban J connectivity index is 1.92. The summed E-state index contributed by atoms with van der Waals surface area (Å²) in [4.78, 5) is 8.43. The van der Waals surface area contributed by atoms with Crippen LogP contribution in [-0.4, -0.2) is 9.97 Å². The summed E-state index contributed by atoms with van der Waals surface area (Å²) in [6, 6.07) is 5.97. The quantitative estimate of drug-likeness (QED) is 0.936. The highest BCUT2D eigenvalue weighted by Gasteiger charge is 2.27. The van der Waals surface area contributed by atoms with Crippen LogP contribution in [0.2, 0.25) is 0 Å². The first kappa shape index (κ1) is 12.3. The normalized spacial score (nSPS) is 14.4. The fraction of sp³-hybridized carbons (Fsp3) is 0.231. The van der Waals surface area contributed by atoms with Gasteiger partial charge in [-0.3, -0.25) is 0 Å². The van der Waals surface area contributed by atoms with Gasteiger partial charge >= 0.3 is 0 Å². The lowest BCUT2D eigenvalue weighted by Gasteiger charge is -2.08. The molecule has 0 bridgehead atoms. The highest BCUT2D eigenvalue weighted by molar-refractivity contribution is 9.10. The lowest BCUT2D eigenvalue weighted by molar-refractivity contribution is 0.424. The van der Waals surface area contributed by atoms with Crippen LogP contribution < -0.4 is 10.5 Å². The molecule has 0 radical (unpaired) electrons. The van der Waals surface area contributed by atoms with E-state index in [-0.39, 0.29) is 11.6 Å². The van der Waals surface area contributed by atoms with Gasteiger partial charge in [0.15, 0.2) is 11.6 Å². The van der Waals surface area contributed by atoms with Crippen molar-refractivity contribution in [2.45, 2.75) is 18.8 Å². The Morgan fingerprint density at radius 1 is 1.26 bits per heavy atom. The van der Waals surface area contributed by atoms with Crippen molar-refractivity contribution in [1.82, 2.24) is 9.97 Å². The monoisotopic (exact) mass is 323 g/mol. The molecular weight excluding hydrogens is 313 g/mol. The van der Waals surface area contributed by atoms with Gasteiger partial charge in [-0.1, -0.05) is 15.9 Å². The number of nitrogens with zero attached hydrogens (tertiary/aromatic N) is 2. The van der Waals surface area contributed by atoms with E-state index in [4.69, 9.17) is 10.5 Å². The molecule has 4 nitrogen and oxygen atoms in total. The Bertz CT molecular complexity index is 631. The van der Waals surface area contributed by atoms with Gasteiger partial charge in [-0.25, -0.2) is 9.37 Å². The first-order valence-corrected chi connectivity index (χ1v) is 6.68. The zero-order chi connectivity index (χ0) is 13.4. The van der Waals surface area contributed by atoms with Gasteiger partial charge in [-0.05, 0) is 31.0 Å². The molecule has 6 heteroatoms. The second kappa shape index (κ2) is 4.77. The SMILES string of the molecule is Nc1cc(Oc2cc(Br)ccc2F)nc(C2CC2)n1. The van der Waals surface area contributed by atoms with E-state index in [1.165, 1.54) is 12.1 Å². The van der Waals surface area contributed by atoms with Crippen LogP contribution in [0.15, 0.2) is 28.7 Å². The summed E-state index contributed by atoms with van der Waals surface area (Å²) in [6.07, 6.45) is 2.13. The number of hydrogen-bond donors (Lipinski definition) is 1. The van der Waals surface area contributed by atoms with Crippen LogP contribution >= 0.6 is 15.9 Å². The van der Waals surface area contributed by atoms with E-state index >= 15 is 0 Å². The molecule has 0 unspecified atom stereocenters. The van der Waals surface area contributed by atoms with Gasteiger partial charge in [-0.15, -0.1) is 0 Å². The van der Waals surface area contributed by atoms with Crippen LogP contribution in [0.25, 0.3) is 0 Å². The molecule has 0 spiro atoms. The fourth-order valence-corrected chi connectivity index (χ4v) is 2.05. The van der Waals surface area contributed by atoms with Gasteiger partial charge < -0.3 is 10.5 Å². The first-order valence-electron chi connectivity index (χ1n) is 5.89. The third kappa shape index (κ3) is 2.84. The largest absolute Gasteiger partial charge is 0.436 e. The average Bonchev–Trinajstić information content (AvgIpc) is 3.17. The number of nitrogens with two attached hydrogens (primary N) is 1. The molecule has 1 heterocycles. The van der Waals surface area contributed by atoms with Crippen LogP contribution in [0.3, 0.4) is 0 Å². The molecule has 0 aliphatic heterocycles. The topological polar surface area (TPSA) is 61.0 Å². The van der Waals surface area contributed by atoms with Crippen molar-refractivity contribution in [3.63, 3.8) is 0 Å². The Hall–Kier alpha value is -1.69. The van der Waals surface area contributed by atoms with E-state index in [2.05, 4.69) is 25.9 Å². The molecule has 0 saturated heterocycles. The minimum atomic E-state index is -0.451. The van der Waals surface area contributed by atoms with E-state index < -0.39 is 5.82 Å². The smallest absolute Gasteiger partial charge is 0.224 e. The molecule has 0 atom stereocenters. The summed E-state index contributed by atoms with van der Waals surface area (Å²) < 4.78 is 19.8. The van der Waals surface area contributed by atoms with Crippen molar-refractivity contribution in [2.24, 2.45) is 0 Å². The van der Waals surface area contributed by atoms with Gasteiger partial charge in [0.05, 0.1) is 0 Å². The van der Waals surface area contributed by atoms with Crippen LogP contribution in [0, 0.1) is 5.82 Å². The molecular formula is C13H11BrFN3O. The van der Waals surface area contributed by atoms with Crippen molar-refractivity contribution in [2.75, 3.05) is 5.73 Å². The number of rotatable bonds is 3. The Morgan fingerprint density at radius 2 is 2.05 bits per heavy atom. The molecule has 2 aromatic rings. The molecule has 1 saturated carbocycles. The zero-order valence-corrected chi connectivity index (χ0v) is 11.5. The third-order valence-corrected chi connectivity index (χ3v) is 3.28. The van der Waals surface area contributed by atoms with Crippen LogP contribution in [0.5, 0.6) is 11.6 Å². The summed E-state index contributed by atoms with van der Waals surface area (Å²) in [5.74, 6) is 1.29. The zero-order valence-electron chi connectivity index (χ0n) is 9.94. The number of aromatic nitrogens is 2. The van der Waals surface area contributed by atoms with Crippen molar-refractivity contribution in [3.8, 4) is 11.6 Å². The Morgan fingerprint density at radius 3 is 2.79 bits per heavy atom. The molecule has 0 amide bonds. The van der Waals surface area contributed by atoms with E-state index in [0.29, 0.717) is 17.6 Å². The summed E-state index contributed by atoms with van der Waals surface area (Å²) in [5.41, 5.74) is 5.71. The second-order valence-corrected chi connectivity index (χ2v) is 5.36. The maximum absolute atomic E-state index is 13.6. The van der Waals surface area contributed by atoms with Crippen LogP contribution in [-0.2, 0) is 0 Å². The number of anilines is 1. The average molecular weight is 324 g/mol. The fourth-order valence-electron chi connectivity index (χ4n) is 1.71. The summed E-state index contributed by atoms with van der Waals surface area (Å²) in [6.45, 7) is 0. The van der Waals surface area contributed by atoms with Gasteiger partial charge in [0.1, 0.15) is 11.6 Å². The van der Waals surface area contributed by atoms with Crippen molar-refractivity contribution in [1.29, 1.82) is 0 Å². The molecule has 1 fully saturated rings. The standard InChI is InChI=1S/C13H11BrFN3O/c14-8-3-4-9(15)10(5-8)19-12-6-11(16)17-13(18-12)7-1-2-7/h3-7H,1-2H2,(H2,16,17,18). The van der Waals surface area contributed by atoms with Crippen molar-refractivity contribution < 1.29 is 9.13 Å². The van der Waals surface area contributed by atoms with Gasteiger partial charge in [-0.2, -0.15) is 4.98 Å². The molecule has 19 heavy (non-hydrogen) atoms. The summed E-state index contributed by atoms with van der Waals surface area (Å²) >= 11 is 3.27. The number of halogens is 2. The molecule has 1 aromatic carbocycles. The van der Waals surface area contributed by atoms with Crippen LogP contribution in [0.4, 0.5) is 10.2 Å². The summed E-state index contributed by atoms with van der Waals surface area (Å²) in [5, 5.41) is 0. The third-order valence-electron chi connectivity index (χ3n) is 2.79. The molecule has 98 valence electrons. The summed E-state index contributed by atoms with van der Waals surface area (Å²) in [7, 11) is 0. The Kier molecular flexibility index (Phi) is 3.10. The number of nitrogen functional groups attached to an aromatic ring is 1. The highest BCUT2D eigenvalue weighted by Crippen LogP contribution is 2.39. The van der Waals surface area contributed by atoms with Gasteiger partial charge in [0.2, 0.25) is 5.88 Å². The minimum absolute atomic E-state index is 0.106. The van der Waals surface area contributed by atoms with E-state index in [1.54, 1.807) is 12.1 Å². The maximum atomic E-state index is 13.6. The lowest BCUT2D eigenvalue weighted by Crippen LogP contribution is -2.01. The van der Waals surface area contributed by atoms with E-state index in [9.17, 15) is 4.39 Å². The predicted octanol–water partition coefficient (Wildman–Crippen LogP) is 3.63. The minimum Gasteiger partial charge on any atom is -0.436 e. The first-order chi connectivity index (χ1) is 9.11. The molecule has 1 aliphatic carbocycles. The molecule has 2 N–H and O–H groups in total. The number of benzene rings is 1. The van der Waals surface area contributed by atoms with Gasteiger partial charge in [0.25, 0.3) is 0 Å². The van der Waals surface area contributed by atoms with E-state index in [1.807, 2.05) is 0 Å². The van der Waals surface area contributed by atoms with Crippen molar-refractivity contribution in [3.05, 3.63) is 40.4 Å². The maximum Gasteiger partial charge on any atom is 0.224 e. The van der Waals surface area contributed by atoms with Crippen molar-refractivity contribution >= 4 is 21.7 Å². The van der Waals surface area contributed by atoms with Crippen LogP contribution in [0.1, 0.15) is 24.6 Å². The lowest BCUT2D eigenvalue weighted by atomic mass is 10.3. The highest BCUT2D eigenvalue weighted by atomic mass is 79.9. The number of ether oxygens (including phenoxy) is 1. The second-order valence-electron chi connectivity index (χ2n) is 4.44. The number of hydrogen-bond acceptors (Lipinski definition) is 4. The molecule has 1 aromatic heterocycles. The van der Waals surface area contributed by atoms with E-state index in [0.717, 1.165) is 17.3 Å². The van der Waals surface area contributed by atoms with Gasteiger partial charge in [0, 0.05) is 16.5 Å². The predicted molar refractivity (Wildman–Crippen MR) is 72.6 cm³/mol. The molecule has 3 rings (SSSR count). The Labute approximate surface area is 118 Å².